The molecule has 1 aliphatic rings. The molecule has 1 fully saturated rings. The monoisotopic (exact) mass is 205 g/mol. The Kier molecular flexibility index (Phi) is 4.26. The van der Waals surface area contributed by atoms with Gasteiger partial charge in [0.1, 0.15) is 0 Å². The van der Waals surface area contributed by atoms with Crippen LogP contribution in [-0.2, 0) is 0 Å². The topological polar surface area (TPSA) is 26.0 Å². The zero-order valence-corrected chi connectivity index (χ0v) is 10.2. The lowest BCUT2D eigenvalue weighted by Crippen LogP contribution is -2.36. The molecule has 80 valence electrons. The molecule has 0 aromatic rings. The summed E-state index contributed by atoms with van der Waals surface area (Å²) in [7, 11) is 0. The first kappa shape index (κ1) is 13.2. The SMILES string of the molecule is CC(C)(CN)CC1CC(C)(C)C1.Cl. The van der Waals surface area contributed by atoms with Gasteiger partial charge in [-0.3, -0.25) is 0 Å². The molecule has 1 aliphatic carbocycles. The molecule has 0 bridgehead atoms. The predicted molar refractivity (Wildman–Crippen MR) is 61.2 cm³/mol. The highest BCUT2D eigenvalue weighted by molar-refractivity contribution is 5.85. The Morgan fingerprint density at radius 2 is 1.77 bits per heavy atom. The van der Waals surface area contributed by atoms with Gasteiger partial charge in [0.15, 0.2) is 0 Å². The summed E-state index contributed by atoms with van der Waals surface area (Å²) in [5, 5.41) is 0. The first-order chi connectivity index (χ1) is 5.35. The second kappa shape index (κ2) is 4.18. The number of hydrogen-bond acceptors (Lipinski definition) is 1. The molecule has 0 spiro atoms. The van der Waals surface area contributed by atoms with Gasteiger partial charge < -0.3 is 5.73 Å². The minimum absolute atomic E-state index is 0. The summed E-state index contributed by atoms with van der Waals surface area (Å²) >= 11 is 0. The summed E-state index contributed by atoms with van der Waals surface area (Å²) in [5.41, 5.74) is 6.68. The van der Waals surface area contributed by atoms with Crippen LogP contribution >= 0.6 is 12.4 Å². The lowest BCUT2D eigenvalue weighted by atomic mass is 9.60. The predicted octanol–water partition coefficient (Wildman–Crippen LogP) is 3.22. The molecule has 0 atom stereocenters. The van der Waals surface area contributed by atoms with Crippen LogP contribution in [0.2, 0.25) is 0 Å². The first-order valence-corrected chi connectivity index (χ1v) is 5.05. The molecule has 2 N–H and O–H groups in total. The molecular weight excluding hydrogens is 182 g/mol. The molecule has 0 aliphatic heterocycles. The standard InChI is InChI=1S/C11H23N.ClH/c1-10(2)5-9(6-10)7-11(3,4)8-12;/h9H,5-8,12H2,1-4H3;1H. The third-order valence-electron chi connectivity index (χ3n) is 3.08. The van der Waals surface area contributed by atoms with Crippen molar-refractivity contribution in [1.29, 1.82) is 0 Å². The normalized spacial score (nSPS) is 21.9. The van der Waals surface area contributed by atoms with Crippen molar-refractivity contribution in [2.45, 2.75) is 47.0 Å². The van der Waals surface area contributed by atoms with Crippen molar-refractivity contribution in [2.75, 3.05) is 6.54 Å². The van der Waals surface area contributed by atoms with Crippen LogP contribution in [0.15, 0.2) is 0 Å². The molecule has 0 aromatic carbocycles. The maximum Gasteiger partial charge on any atom is -0.00257 e. The van der Waals surface area contributed by atoms with Gasteiger partial charge in [-0.2, -0.15) is 0 Å². The third kappa shape index (κ3) is 3.86. The van der Waals surface area contributed by atoms with E-state index in [1.807, 2.05) is 0 Å². The van der Waals surface area contributed by atoms with E-state index >= 15 is 0 Å². The second-order valence-electron chi connectivity index (χ2n) is 6.01. The molecule has 1 rings (SSSR count). The molecular formula is C11H24ClN. The molecule has 1 nitrogen and oxygen atoms in total. The number of nitrogens with two attached hydrogens (primary N) is 1. The zero-order valence-electron chi connectivity index (χ0n) is 9.39. The van der Waals surface area contributed by atoms with Crippen LogP contribution in [0.4, 0.5) is 0 Å². The van der Waals surface area contributed by atoms with Crippen molar-refractivity contribution in [3.05, 3.63) is 0 Å². The van der Waals surface area contributed by atoms with Gasteiger partial charge >= 0.3 is 0 Å². The van der Waals surface area contributed by atoms with E-state index in [1.54, 1.807) is 0 Å². The average molecular weight is 206 g/mol. The molecule has 1 saturated carbocycles. The fourth-order valence-electron chi connectivity index (χ4n) is 2.51. The van der Waals surface area contributed by atoms with E-state index in [0.717, 1.165) is 12.5 Å². The lowest BCUT2D eigenvalue weighted by Gasteiger charge is -2.45. The van der Waals surface area contributed by atoms with E-state index in [1.165, 1.54) is 19.3 Å². The maximum absolute atomic E-state index is 5.70. The van der Waals surface area contributed by atoms with Gasteiger partial charge in [-0.25, -0.2) is 0 Å². The van der Waals surface area contributed by atoms with Gasteiger partial charge in [-0.15, -0.1) is 12.4 Å². The summed E-state index contributed by atoms with van der Waals surface area (Å²) in [6, 6.07) is 0. The Morgan fingerprint density at radius 3 is 2.08 bits per heavy atom. The van der Waals surface area contributed by atoms with Crippen molar-refractivity contribution in [1.82, 2.24) is 0 Å². The number of halogens is 1. The summed E-state index contributed by atoms with van der Waals surface area (Å²) in [6.07, 6.45) is 4.11. The number of hydrogen-bond donors (Lipinski definition) is 1. The van der Waals surface area contributed by atoms with E-state index in [4.69, 9.17) is 5.73 Å². The zero-order chi connectivity index (χ0) is 9.41. The summed E-state index contributed by atoms with van der Waals surface area (Å²) < 4.78 is 0. The molecule has 0 saturated heterocycles. The van der Waals surface area contributed by atoms with Crippen LogP contribution in [0.25, 0.3) is 0 Å². The molecule has 2 heteroatoms. The highest BCUT2D eigenvalue weighted by atomic mass is 35.5. The molecule has 0 aromatic heterocycles. The van der Waals surface area contributed by atoms with Crippen LogP contribution < -0.4 is 5.73 Å². The summed E-state index contributed by atoms with van der Waals surface area (Å²) in [6.45, 7) is 10.1. The molecule has 0 unspecified atom stereocenters. The van der Waals surface area contributed by atoms with Gasteiger partial charge in [0.25, 0.3) is 0 Å². The van der Waals surface area contributed by atoms with Crippen molar-refractivity contribution in [3.8, 4) is 0 Å². The minimum atomic E-state index is 0. The van der Waals surface area contributed by atoms with Crippen molar-refractivity contribution >= 4 is 12.4 Å². The fraction of sp³-hybridized carbons (Fsp3) is 1.00. The highest BCUT2D eigenvalue weighted by Gasteiger charge is 2.38. The fourth-order valence-corrected chi connectivity index (χ4v) is 2.51. The Balaban J connectivity index is 0.00000144. The van der Waals surface area contributed by atoms with E-state index in [-0.39, 0.29) is 12.4 Å². The van der Waals surface area contributed by atoms with Crippen LogP contribution in [0.3, 0.4) is 0 Å². The largest absolute Gasteiger partial charge is 0.330 e. The second-order valence-corrected chi connectivity index (χ2v) is 6.01. The van der Waals surface area contributed by atoms with E-state index < -0.39 is 0 Å². The maximum atomic E-state index is 5.70. The molecule has 0 radical (unpaired) electrons. The Hall–Kier alpha value is 0.250. The Labute approximate surface area is 88.9 Å². The van der Waals surface area contributed by atoms with Gasteiger partial charge in [-0.05, 0) is 42.6 Å². The van der Waals surface area contributed by atoms with Crippen LogP contribution in [-0.4, -0.2) is 6.54 Å². The molecule has 13 heavy (non-hydrogen) atoms. The minimum Gasteiger partial charge on any atom is -0.330 e. The van der Waals surface area contributed by atoms with Crippen molar-refractivity contribution < 1.29 is 0 Å². The van der Waals surface area contributed by atoms with Crippen molar-refractivity contribution in [3.63, 3.8) is 0 Å². The third-order valence-corrected chi connectivity index (χ3v) is 3.08. The smallest absolute Gasteiger partial charge is 0.00257 e. The van der Waals surface area contributed by atoms with E-state index in [0.29, 0.717) is 10.8 Å². The summed E-state index contributed by atoms with van der Waals surface area (Å²) in [4.78, 5) is 0. The lowest BCUT2D eigenvalue weighted by molar-refractivity contribution is 0.0605. The average Bonchev–Trinajstić information content (AvgIpc) is 1.83. The van der Waals surface area contributed by atoms with Crippen LogP contribution in [0.1, 0.15) is 47.0 Å². The van der Waals surface area contributed by atoms with E-state index in [9.17, 15) is 0 Å². The molecule has 0 amide bonds. The highest BCUT2D eigenvalue weighted by Crippen LogP contribution is 2.48. The van der Waals surface area contributed by atoms with Gasteiger partial charge in [0.05, 0.1) is 0 Å². The first-order valence-electron chi connectivity index (χ1n) is 5.05. The van der Waals surface area contributed by atoms with Crippen molar-refractivity contribution in [2.24, 2.45) is 22.5 Å². The quantitative estimate of drug-likeness (QED) is 0.753. The Morgan fingerprint density at radius 1 is 1.31 bits per heavy atom. The molecule has 0 heterocycles. The van der Waals surface area contributed by atoms with Gasteiger partial charge in [0.2, 0.25) is 0 Å². The van der Waals surface area contributed by atoms with Crippen LogP contribution in [0, 0.1) is 16.7 Å². The summed E-state index contributed by atoms with van der Waals surface area (Å²) in [5.74, 6) is 0.943. The number of rotatable bonds is 3. The van der Waals surface area contributed by atoms with Gasteiger partial charge in [-0.1, -0.05) is 27.7 Å². The Bertz CT molecular complexity index is 155. The van der Waals surface area contributed by atoms with E-state index in [2.05, 4.69) is 27.7 Å². The van der Waals surface area contributed by atoms with Gasteiger partial charge in [0, 0.05) is 0 Å². The van der Waals surface area contributed by atoms with Crippen LogP contribution in [0.5, 0.6) is 0 Å².